The van der Waals surface area contributed by atoms with Gasteiger partial charge in [0.1, 0.15) is 17.7 Å². The van der Waals surface area contributed by atoms with Crippen LogP contribution in [0.25, 0.3) is 0 Å². The van der Waals surface area contributed by atoms with Crippen molar-refractivity contribution in [1.29, 1.82) is 0 Å². The van der Waals surface area contributed by atoms with Gasteiger partial charge in [0.25, 0.3) is 0 Å². The molecule has 43 heavy (non-hydrogen) atoms. The van der Waals surface area contributed by atoms with Crippen LogP contribution in [-0.4, -0.2) is 79.9 Å². The van der Waals surface area contributed by atoms with Crippen LogP contribution < -0.4 is 15.0 Å². The van der Waals surface area contributed by atoms with E-state index in [2.05, 4.69) is 22.2 Å². The minimum atomic E-state index is -4.63. The third kappa shape index (κ3) is 8.86. The summed E-state index contributed by atoms with van der Waals surface area (Å²) in [5.41, 5.74) is -0.574. The first-order chi connectivity index (χ1) is 20.6. The van der Waals surface area contributed by atoms with Crippen molar-refractivity contribution in [1.82, 2.24) is 15.1 Å². The molecule has 1 saturated carbocycles. The molecule has 1 aliphatic carbocycles. The molecule has 11 heteroatoms. The summed E-state index contributed by atoms with van der Waals surface area (Å²) in [6.45, 7) is 6.97. The quantitative estimate of drug-likeness (QED) is 0.254. The van der Waals surface area contributed by atoms with Crippen molar-refractivity contribution in [2.75, 3.05) is 57.2 Å². The standard InChI is InChI=1S/C32H42ClF3N4O3/c1-23-27(32(34,35)36)10-6-11-28(23)40(29(41)22-33)30(31(42)37-25-8-4-3-5-9-25)24-12-14-26(15-13-24)43-21-7-16-39-19-17-38(2)18-20-39/h6,10-15,25,30H,3-5,7-9,16-22H2,1-2H3,(H,37,42). The van der Waals surface area contributed by atoms with Crippen molar-refractivity contribution >= 4 is 29.1 Å². The molecule has 0 radical (unpaired) electrons. The smallest absolute Gasteiger partial charge is 0.416 e. The SMILES string of the molecule is Cc1c(N(C(=O)CCl)C(C(=O)NC2CCCCC2)c2ccc(OCCCN3CCN(C)CC3)cc2)cccc1C(F)(F)F. The predicted molar refractivity (Wildman–Crippen MR) is 163 cm³/mol. The molecular weight excluding hydrogens is 581 g/mol. The number of rotatable bonds is 11. The summed E-state index contributed by atoms with van der Waals surface area (Å²) in [7, 11) is 2.12. The number of halogens is 4. The van der Waals surface area contributed by atoms with Crippen LogP contribution in [0.3, 0.4) is 0 Å². The Bertz CT molecular complexity index is 1210. The lowest BCUT2D eigenvalue weighted by Crippen LogP contribution is -2.48. The van der Waals surface area contributed by atoms with Crippen molar-refractivity contribution in [2.45, 2.75) is 63.7 Å². The minimum absolute atomic E-state index is 0.00602. The summed E-state index contributed by atoms with van der Waals surface area (Å²) in [6, 6.07) is 9.20. The van der Waals surface area contributed by atoms with Gasteiger partial charge in [0.15, 0.2) is 0 Å². The number of carbonyl (C=O) groups is 2. The van der Waals surface area contributed by atoms with Gasteiger partial charge in [0.05, 0.1) is 12.2 Å². The number of likely N-dealkylation sites (N-methyl/N-ethyl adjacent to an activating group) is 1. The number of carbonyl (C=O) groups excluding carboxylic acids is 2. The van der Waals surface area contributed by atoms with Crippen molar-refractivity contribution < 1.29 is 27.5 Å². The van der Waals surface area contributed by atoms with Gasteiger partial charge in [-0.05, 0) is 68.6 Å². The summed E-state index contributed by atoms with van der Waals surface area (Å²) >= 11 is 6.00. The van der Waals surface area contributed by atoms with Crippen molar-refractivity contribution in [3.05, 3.63) is 59.2 Å². The highest BCUT2D eigenvalue weighted by atomic mass is 35.5. The Morgan fingerprint density at radius 2 is 1.72 bits per heavy atom. The van der Waals surface area contributed by atoms with Gasteiger partial charge in [-0.25, -0.2) is 0 Å². The van der Waals surface area contributed by atoms with E-state index in [1.807, 2.05) is 0 Å². The summed E-state index contributed by atoms with van der Waals surface area (Å²) in [6.07, 6.45) is 0.911. The molecule has 2 fully saturated rings. The maximum absolute atomic E-state index is 13.9. The molecule has 1 atom stereocenters. The van der Waals surface area contributed by atoms with E-state index < -0.39 is 35.5 Å². The van der Waals surface area contributed by atoms with Gasteiger partial charge in [0.2, 0.25) is 11.8 Å². The molecule has 0 spiro atoms. The fraction of sp³-hybridized carbons (Fsp3) is 0.562. The van der Waals surface area contributed by atoms with E-state index in [4.69, 9.17) is 16.3 Å². The van der Waals surface area contributed by atoms with E-state index in [0.29, 0.717) is 17.9 Å². The molecule has 1 unspecified atom stereocenters. The van der Waals surface area contributed by atoms with Gasteiger partial charge in [0, 0.05) is 44.5 Å². The summed E-state index contributed by atoms with van der Waals surface area (Å²) in [4.78, 5) is 33.1. The van der Waals surface area contributed by atoms with Crippen LogP contribution in [0.15, 0.2) is 42.5 Å². The zero-order valence-corrected chi connectivity index (χ0v) is 25.7. The first kappa shape index (κ1) is 33.1. The Kier molecular flexibility index (Phi) is 11.7. The van der Waals surface area contributed by atoms with Crippen LogP contribution >= 0.6 is 11.6 Å². The number of alkyl halides is 4. The number of nitrogens with one attached hydrogen (secondary N) is 1. The van der Waals surface area contributed by atoms with Crippen LogP contribution in [0.4, 0.5) is 18.9 Å². The lowest BCUT2D eigenvalue weighted by atomic mass is 9.94. The Morgan fingerprint density at radius 3 is 2.35 bits per heavy atom. The molecule has 2 amide bonds. The molecule has 0 bridgehead atoms. The topological polar surface area (TPSA) is 65.1 Å². The largest absolute Gasteiger partial charge is 0.494 e. The Balaban J connectivity index is 1.57. The molecular formula is C32H42ClF3N4O3. The molecule has 2 aromatic carbocycles. The van der Waals surface area contributed by atoms with Crippen LogP contribution in [0.5, 0.6) is 5.75 Å². The summed E-state index contributed by atoms with van der Waals surface area (Å²) in [5, 5.41) is 3.06. The Labute approximate surface area is 257 Å². The van der Waals surface area contributed by atoms with Gasteiger partial charge < -0.3 is 19.9 Å². The highest BCUT2D eigenvalue weighted by molar-refractivity contribution is 6.30. The summed E-state index contributed by atoms with van der Waals surface area (Å²) < 4.78 is 47.5. The normalized spacial score (nSPS) is 17.8. The second-order valence-corrected chi connectivity index (χ2v) is 11.8. The van der Waals surface area contributed by atoms with Crippen LogP contribution in [0, 0.1) is 6.92 Å². The van der Waals surface area contributed by atoms with Crippen LogP contribution in [0.2, 0.25) is 0 Å². The first-order valence-electron chi connectivity index (χ1n) is 15.1. The average molecular weight is 623 g/mol. The molecule has 1 N–H and O–H groups in total. The average Bonchev–Trinajstić information content (AvgIpc) is 2.99. The highest BCUT2D eigenvalue weighted by Crippen LogP contribution is 2.39. The van der Waals surface area contributed by atoms with Crippen LogP contribution in [0.1, 0.15) is 61.3 Å². The molecule has 0 aromatic heterocycles. The van der Waals surface area contributed by atoms with Crippen molar-refractivity contribution in [3.8, 4) is 5.75 Å². The van der Waals surface area contributed by atoms with Crippen molar-refractivity contribution in [3.63, 3.8) is 0 Å². The number of benzene rings is 2. The van der Waals surface area contributed by atoms with Gasteiger partial charge in [-0.15, -0.1) is 11.6 Å². The van der Waals surface area contributed by atoms with E-state index >= 15 is 0 Å². The van der Waals surface area contributed by atoms with Gasteiger partial charge >= 0.3 is 6.18 Å². The molecule has 7 nitrogen and oxygen atoms in total. The minimum Gasteiger partial charge on any atom is -0.494 e. The van der Waals surface area contributed by atoms with Gasteiger partial charge in [-0.1, -0.05) is 37.5 Å². The molecule has 236 valence electrons. The van der Waals surface area contributed by atoms with E-state index in [-0.39, 0.29) is 17.3 Å². The van der Waals surface area contributed by atoms with Crippen molar-refractivity contribution in [2.24, 2.45) is 0 Å². The predicted octanol–water partition coefficient (Wildman–Crippen LogP) is 5.79. The number of hydrogen-bond acceptors (Lipinski definition) is 5. The van der Waals surface area contributed by atoms with Gasteiger partial charge in [-0.2, -0.15) is 13.2 Å². The molecule has 1 aliphatic heterocycles. The lowest BCUT2D eigenvalue weighted by Gasteiger charge is -2.34. The summed E-state index contributed by atoms with van der Waals surface area (Å²) in [5.74, 6) is -1.02. The van der Waals surface area contributed by atoms with Gasteiger partial charge in [-0.3, -0.25) is 14.5 Å². The number of anilines is 1. The van der Waals surface area contributed by atoms with Crippen LogP contribution in [-0.2, 0) is 15.8 Å². The zero-order chi connectivity index (χ0) is 31.0. The second-order valence-electron chi connectivity index (χ2n) is 11.5. The van der Waals surface area contributed by atoms with E-state index in [9.17, 15) is 22.8 Å². The number of hydrogen-bond donors (Lipinski definition) is 1. The van der Waals surface area contributed by atoms with E-state index in [1.54, 1.807) is 24.3 Å². The highest BCUT2D eigenvalue weighted by Gasteiger charge is 2.38. The molecule has 2 aromatic rings. The maximum atomic E-state index is 13.9. The third-order valence-corrected chi connectivity index (χ3v) is 8.62. The molecule has 4 rings (SSSR count). The monoisotopic (exact) mass is 622 g/mol. The van der Waals surface area contributed by atoms with E-state index in [0.717, 1.165) is 82.2 Å². The number of nitrogens with zero attached hydrogens (tertiary/aromatic N) is 3. The molecule has 2 aliphatic rings. The first-order valence-corrected chi connectivity index (χ1v) is 15.6. The number of amides is 2. The Hall–Kier alpha value is -2.82. The number of ether oxygens (including phenoxy) is 1. The zero-order valence-electron chi connectivity index (χ0n) is 25.0. The number of piperazine rings is 1. The molecule has 1 heterocycles. The third-order valence-electron chi connectivity index (χ3n) is 8.39. The Morgan fingerprint density at radius 1 is 1.05 bits per heavy atom. The lowest BCUT2D eigenvalue weighted by molar-refractivity contribution is -0.138. The van der Waals surface area contributed by atoms with E-state index in [1.165, 1.54) is 19.1 Å². The fourth-order valence-electron chi connectivity index (χ4n) is 5.91. The molecule has 1 saturated heterocycles. The second kappa shape index (κ2) is 15.3. The fourth-order valence-corrected chi connectivity index (χ4v) is 6.04. The maximum Gasteiger partial charge on any atom is 0.416 e.